The molecule has 59 heavy (non-hydrogen) atoms. The molecule has 0 aliphatic rings. The maximum atomic E-state index is 11.2. The lowest BCUT2D eigenvalue weighted by Gasteiger charge is -2.20. The Morgan fingerprint density at radius 3 is 1.90 bits per heavy atom. The van der Waals surface area contributed by atoms with Crippen molar-refractivity contribution >= 4 is 104 Å². The Balaban J connectivity index is 1.17. The van der Waals surface area contributed by atoms with E-state index in [1.54, 1.807) is 0 Å². The number of thiophene rings is 1. The molecule has 270 valence electrons. The van der Waals surface area contributed by atoms with Gasteiger partial charge >= 0.3 is 0 Å². The summed E-state index contributed by atoms with van der Waals surface area (Å²) in [5, 5.41) is 29.1. The van der Waals surface area contributed by atoms with Gasteiger partial charge in [-0.2, -0.15) is 0 Å². The van der Waals surface area contributed by atoms with E-state index >= 15 is 0 Å². The molecular formula is C51H29B3N2O2S. The summed E-state index contributed by atoms with van der Waals surface area (Å²) in [7, 11) is 18.7. The van der Waals surface area contributed by atoms with Gasteiger partial charge in [0.1, 0.15) is 35.1 Å². The number of phenols is 2. The van der Waals surface area contributed by atoms with Gasteiger partial charge in [-0.15, -0.1) is 16.8 Å². The van der Waals surface area contributed by atoms with Crippen molar-refractivity contribution in [2.75, 3.05) is 0 Å². The van der Waals surface area contributed by atoms with Gasteiger partial charge in [-0.05, 0) is 97.4 Å². The molecule has 0 unspecified atom stereocenters. The smallest absolute Gasteiger partial charge is 0.167 e. The summed E-state index contributed by atoms with van der Waals surface area (Å²) in [5.74, 6) is -0.706. The number of rotatable bonds is 5. The molecule has 0 aliphatic carbocycles. The van der Waals surface area contributed by atoms with Gasteiger partial charge in [0.2, 0.25) is 0 Å². The van der Waals surface area contributed by atoms with Crippen LogP contribution >= 0.6 is 11.3 Å². The number of phenolic OH excluding ortho intramolecular Hbond substituents is 2. The fourth-order valence-electron chi connectivity index (χ4n) is 8.81. The Morgan fingerprint density at radius 2 is 1.10 bits per heavy atom. The standard InChI is InChI=1S/C51H29B3N2O2S/c52-46-45(49(57)50(58)48(54)47(46)53)51-55-38-17-7-8-18-39(38)56(51)31-24-21-29(22-25-31)42-32-13-4-5-14-33(32)43(37-27-30(23-26-34(37)42)28-11-2-1-3-12-28)36-16-10-20-41-44(36)35-15-6-9-19-40(35)59-41/h1-27,57-58H. The zero-order chi connectivity index (χ0) is 39.9. The fourth-order valence-corrected chi connectivity index (χ4v) is 9.94. The minimum atomic E-state index is -0.540. The van der Waals surface area contributed by atoms with Crippen LogP contribution in [0.3, 0.4) is 0 Å². The van der Waals surface area contributed by atoms with Crippen molar-refractivity contribution < 1.29 is 10.2 Å². The normalized spacial score (nSPS) is 11.7. The van der Waals surface area contributed by atoms with E-state index in [0.717, 1.165) is 44.2 Å². The average molecular weight is 766 g/mol. The minimum Gasteiger partial charge on any atom is -0.505 e. The summed E-state index contributed by atoms with van der Waals surface area (Å²) >= 11 is 1.83. The number of imidazole rings is 1. The van der Waals surface area contributed by atoms with Crippen molar-refractivity contribution in [3.63, 3.8) is 0 Å². The molecular weight excluding hydrogens is 737 g/mol. The van der Waals surface area contributed by atoms with Crippen molar-refractivity contribution in [3.05, 3.63) is 164 Å². The van der Waals surface area contributed by atoms with Gasteiger partial charge in [0.25, 0.3) is 0 Å². The molecule has 2 aromatic heterocycles. The van der Waals surface area contributed by atoms with E-state index in [2.05, 4.69) is 127 Å². The number of aromatic nitrogens is 2. The first-order valence-corrected chi connectivity index (χ1v) is 20.1. The average Bonchev–Trinajstić information content (AvgIpc) is 3.86. The predicted molar refractivity (Wildman–Crippen MR) is 250 cm³/mol. The fraction of sp³-hybridized carbons (Fsp3) is 0. The first-order chi connectivity index (χ1) is 28.9. The van der Waals surface area contributed by atoms with Crippen LogP contribution in [0.15, 0.2) is 164 Å². The predicted octanol–water partition coefficient (Wildman–Crippen LogP) is 10.2. The molecule has 11 rings (SSSR count). The van der Waals surface area contributed by atoms with Gasteiger partial charge in [-0.3, -0.25) is 4.57 Å². The van der Waals surface area contributed by atoms with Gasteiger partial charge in [0.15, 0.2) is 5.75 Å². The molecule has 0 saturated heterocycles. The van der Waals surface area contributed by atoms with Gasteiger partial charge in [0, 0.05) is 25.9 Å². The van der Waals surface area contributed by atoms with E-state index in [4.69, 9.17) is 28.5 Å². The molecule has 0 fully saturated rings. The Bertz CT molecular complexity index is 3470. The Labute approximate surface area is 347 Å². The van der Waals surface area contributed by atoms with E-state index in [0.29, 0.717) is 11.3 Å². The second kappa shape index (κ2) is 13.5. The molecule has 6 radical (unpaired) electrons. The van der Waals surface area contributed by atoms with E-state index in [9.17, 15) is 10.2 Å². The second-order valence-corrected chi connectivity index (χ2v) is 15.9. The van der Waals surface area contributed by atoms with E-state index in [1.807, 2.05) is 52.3 Å². The number of aromatic hydroxyl groups is 2. The van der Waals surface area contributed by atoms with E-state index in [1.165, 1.54) is 42.1 Å². The summed E-state index contributed by atoms with van der Waals surface area (Å²) in [4.78, 5) is 4.88. The summed E-state index contributed by atoms with van der Waals surface area (Å²) in [6.45, 7) is 0. The van der Waals surface area contributed by atoms with Gasteiger partial charge in [0.05, 0.1) is 16.6 Å². The zero-order valence-corrected chi connectivity index (χ0v) is 32.3. The summed E-state index contributed by atoms with van der Waals surface area (Å²) < 4.78 is 4.45. The first kappa shape index (κ1) is 35.2. The number of hydrogen-bond donors (Lipinski definition) is 2. The number of hydrogen-bond acceptors (Lipinski definition) is 4. The second-order valence-electron chi connectivity index (χ2n) is 14.8. The topological polar surface area (TPSA) is 58.3 Å². The van der Waals surface area contributed by atoms with Crippen molar-refractivity contribution in [2.45, 2.75) is 0 Å². The molecule has 0 aliphatic heterocycles. The highest BCUT2D eigenvalue weighted by atomic mass is 32.1. The van der Waals surface area contributed by atoms with Crippen LogP contribution in [0.1, 0.15) is 0 Å². The van der Waals surface area contributed by atoms with Crippen LogP contribution in [0.25, 0.3) is 103 Å². The molecule has 0 spiro atoms. The molecule has 8 heteroatoms. The molecule has 0 saturated carbocycles. The lowest BCUT2D eigenvalue weighted by atomic mass is 9.69. The van der Waals surface area contributed by atoms with Crippen LogP contribution in [0.2, 0.25) is 0 Å². The molecule has 0 amide bonds. The molecule has 9 aromatic carbocycles. The van der Waals surface area contributed by atoms with Gasteiger partial charge < -0.3 is 10.2 Å². The van der Waals surface area contributed by atoms with Crippen LogP contribution in [-0.4, -0.2) is 43.3 Å². The summed E-state index contributed by atoms with van der Waals surface area (Å²) in [5.41, 5.74) is 9.06. The van der Waals surface area contributed by atoms with Crippen molar-refractivity contribution in [1.82, 2.24) is 9.55 Å². The minimum absolute atomic E-state index is 0.0229. The maximum absolute atomic E-state index is 11.2. The van der Waals surface area contributed by atoms with Crippen molar-refractivity contribution in [2.24, 2.45) is 0 Å². The van der Waals surface area contributed by atoms with Crippen molar-refractivity contribution in [1.29, 1.82) is 0 Å². The van der Waals surface area contributed by atoms with Gasteiger partial charge in [-0.1, -0.05) is 132 Å². The molecule has 0 atom stereocenters. The number of fused-ring (bicyclic) bond motifs is 6. The summed E-state index contributed by atoms with van der Waals surface area (Å²) in [6, 6.07) is 57.5. The van der Waals surface area contributed by atoms with Crippen LogP contribution < -0.4 is 16.4 Å². The van der Waals surface area contributed by atoms with Crippen LogP contribution in [-0.2, 0) is 0 Å². The third-order valence-corrected chi connectivity index (χ3v) is 12.7. The largest absolute Gasteiger partial charge is 0.505 e. The van der Waals surface area contributed by atoms with Crippen LogP contribution in [0, 0.1) is 0 Å². The zero-order valence-electron chi connectivity index (χ0n) is 31.5. The third kappa shape index (κ3) is 5.37. The molecule has 2 N–H and O–H groups in total. The molecule has 11 aromatic rings. The highest BCUT2D eigenvalue weighted by Crippen LogP contribution is 2.49. The number of benzene rings is 9. The SMILES string of the molecule is [B]c1c([B])c(O)c(O)c(-c2nc3ccccc3n2-c2ccc(-c3c4ccccc4c(-c4cccc5sc6ccccc6c45)c4cc(-c5ccccc5)ccc34)cc2)c1[B]. The Kier molecular flexibility index (Phi) is 8.07. The van der Waals surface area contributed by atoms with E-state index < -0.39 is 11.5 Å². The lowest BCUT2D eigenvalue weighted by molar-refractivity contribution is 0.408. The highest BCUT2D eigenvalue weighted by Gasteiger charge is 2.24. The number of nitrogens with zero attached hydrogens (tertiary/aromatic N) is 2. The number of para-hydroxylation sites is 2. The van der Waals surface area contributed by atoms with Crippen molar-refractivity contribution in [3.8, 4) is 62.0 Å². The molecule has 4 nitrogen and oxygen atoms in total. The lowest BCUT2D eigenvalue weighted by Crippen LogP contribution is -2.40. The quantitative estimate of drug-likeness (QED) is 0.104. The first-order valence-electron chi connectivity index (χ1n) is 19.3. The van der Waals surface area contributed by atoms with Crippen LogP contribution in [0.5, 0.6) is 11.5 Å². The summed E-state index contributed by atoms with van der Waals surface area (Å²) in [6.07, 6.45) is 0. The Hall–Kier alpha value is -7.02. The highest BCUT2D eigenvalue weighted by molar-refractivity contribution is 7.26. The third-order valence-electron chi connectivity index (χ3n) is 11.6. The molecule has 0 bridgehead atoms. The van der Waals surface area contributed by atoms with Gasteiger partial charge in [-0.25, -0.2) is 4.98 Å². The Morgan fingerprint density at radius 1 is 0.458 bits per heavy atom. The van der Waals surface area contributed by atoms with Crippen LogP contribution in [0.4, 0.5) is 0 Å². The molecule has 2 heterocycles. The maximum Gasteiger partial charge on any atom is 0.167 e. The van der Waals surface area contributed by atoms with E-state index in [-0.39, 0.29) is 22.0 Å². The monoisotopic (exact) mass is 766 g/mol.